The standard InChI is InChI=1S/C13H8F4N4O3/c1-2-20-11(22)6-10(13(15,16)17)19-12(20)18-8-4-3-7(14)5-9(8)21(23)24/h2-6H,1H2,(H,18,19). The number of nitro benzene ring substituents is 1. The minimum Gasteiger partial charge on any atom is -0.319 e. The molecule has 0 saturated carbocycles. The first kappa shape index (κ1) is 17.1. The lowest BCUT2D eigenvalue weighted by Gasteiger charge is -2.13. The molecule has 2 rings (SSSR count). The molecule has 0 bridgehead atoms. The Morgan fingerprint density at radius 2 is 2.00 bits per heavy atom. The summed E-state index contributed by atoms with van der Waals surface area (Å²) in [5.41, 5.74) is -3.67. The van der Waals surface area contributed by atoms with Crippen molar-refractivity contribution in [1.29, 1.82) is 0 Å². The van der Waals surface area contributed by atoms with Crippen LogP contribution < -0.4 is 10.9 Å². The zero-order valence-corrected chi connectivity index (χ0v) is 11.7. The van der Waals surface area contributed by atoms with Crippen LogP contribution in [0.15, 0.2) is 35.6 Å². The van der Waals surface area contributed by atoms with Gasteiger partial charge in [-0.05, 0) is 12.1 Å². The molecular formula is C13H8F4N4O3. The van der Waals surface area contributed by atoms with Gasteiger partial charge in [0.1, 0.15) is 11.5 Å². The number of anilines is 2. The van der Waals surface area contributed by atoms with Crippen molar-refractivity contribution < 1.29 is 22.5 Å². The first-order valence-electron chi connectivity index (χ1n) is 6.18. The van der Waals surface area contributed by atoms with Crippen molar-refractivity contribution in [3.05, 3.63) is 62.8 Å². The van der Waals surface area contributed by atoms with Crippen LogP contribution in [0, 0.1) is 15.9 Å². The Bertz CT molecular complexity index is 876. The summed E-state index contributed by atoms with van der Waals surface area (Å²) in [7, 11) is 0. The average Bonchev–Trinajstić information content (AvgIpc) is 2.47. The molecule has 0 amide bonds. The average molecular weight is 344 g/mol. The summed E-state index contributed by atoms with van der Waals surface area (Å²) >= 11 is 0. The van der Waals surface area contributed by atoms with E-state index in [0.717, 1.165) is 18.3 Å². The first-order valence-corrected chi connectivity index (χ1v) is 6.18. The Morgan fingerprint density at radius 1 is 1.33 bits per heavy atom. The van der Waals surface area contributed by atoms with Gasteiger partial charge in [0.2, 0.25) is 5.95 Å². The summed E-state index contributed by atoms with van der Waals surface area (Å²) in [6.45, 7) is 3.27. The van der Waals surface area contributed by atoms with Crippen LogP contribution in [-0.4, -0.2) is 14.5 Å². The highest BCUT2D eigenvalue weighted by Crippen LogP contribution is 2.30. The van der Waals surface area contributed by atoms with Crippen LogP contribution in [0.1, 0.15) is 5.69 Å². The predicted octanol–water partition coefficient (Wildman–Crippen LogP) is 3.15. The van der Waals surface area contributed by atoms with Crippen LogP contribution in [-0.2, 0) is 6.18 Å². The van der Waals surface area contributed by atoms with Gasteiger partial charge in [0.15, 0.2) is 5.69 Å². The fourth-order valence-corrected chi connectivity index (χ4v) is 1.78. The summed E-state index contributed by atoms with van der Waals surface area (Å²) in [5.74, 6) is -1.56. The minimum atomic E-state index is -4.90. The van der Waals surface area contributed by atoms with E-state index in [9.17, 15) is 32.5 Å². The molecule has 1 aromatic heterocycles. The van der Waals surface area contributed by atoms with Crippen LogP contribution in [0.5, 0.6) is 0 Å². The van der Waals surface area contributed by atoms with E-state index in [-0.39, 0.29) is 11.8 Å². The van der Waals surface area contributed by atoms with Crippen LogP contribution in [0.3, 0.4) is 0 Å². The Morgan fingerprint density at radius 3 is 2.54 bits per heavy atom. The van der Waals surface area contributed by atoms with Gasteiger partial charge in [0.25, 0.3) is 11.2 Å². The molecule has 7 nitrogen and oxygen atoms in total. The number of nitrogens with one attached hydrogen (secondary N) is 1. The van der Waals surface area contributed by atoms with E-state index < -0.39 is 39.8 Å². The monoisotopic (exact) mass is 344 g/mol. The lowest BCUT2D eigenvalue weighted by atomic mass is 10.2. The number of alkyl halides is 3. The van der Waals surface area contributed by atoms with Crippen molar-refractivity contribution >= 4 is 23.5 Å². The number of aromatic nitrogens is 2. The molecule has 0 aliphatic carbocycles. The van der Waals surface area contributed by atoms with E-state index in [1.54, 1.807) is 0 Å². The Kier molecular flexibility index (Phi) is 4.35. The Hall–Kier alpha value is -3.24. The molecule has 1 N–H and O–H groups in total. The van der Waals surface area contributed by atoms with Crippen molar-refractivity contribution in [3.63, 3.8) is 0 Å². The number of nitrogens with zero attached hydrogens (tertiary/aromatic N) is 3. The third-order valence-corrected chi connectivity index (χ3v) is 2.83. The molecule has 2 aromatic rings. The van der Waals surface area contributed by atoms with Gasteiger partial charge in [-0.25, -0.2) is 9.37 Å². The highest BCUT2D eigenvalue weighted by Gasteiger charge is 2.34. The second kappa shape index (κ2) is 6.10. The molecule has 0 saturated heterocycles. The highest BCUT2D eigenvalue weighted by atomic mass is 19.4. The number of halogens is 4. The van der Waals surface area contributed by atoms with E-state index in [2.05, 4.69) is 16.9 Å². The molecule has 11 heteroatoms. The number of rotatable bonds is 4. The summed E-state index contributed by atoms with van der Waals surface area (Å²) in [5, 5.41) is 13.1. The molecule has 0 aliphatic heterocycles. The van der Waals surface area contributed by atoms with Gasteiger partial charge in [-0.1, -0.05) is 6.58 Å². The number of hydrogen-bond acceptors (Lipinski definition) is 5. The zero-order valence-electron chi connectivity index (χ0n) is 11.7. The summed E-state index contributed by atoms with van der Waals surface area (Å²) in [4.78, 5) is 24.9. The quantitative estimate of drug-likeness (QED) is 0.523. The van der Waals surface area contributed by atoms with E-state index >= 15 is 0 Å². The van der Waals surface area contributed by atoms with E-state index in [1.165, 1.54) is 0 Å². The maximum absolute atomic E-state index is 13.1. The molecule has 0 fully saturated rings. The van der Waals surface area contributed by atoms with E-state index in [1.807, 2.05) is 0 Å². The second-order valence-electron chi connectivity index (χ2n) is 4.40. The molecule has 0 aliphatic rings. The predicted molar refractivity (Wildman–Crippen MR) is 76.2 cm³/mol. The maximum atomic E-state index is 13.1. The van der Waals surface area contributed by atoms with Crippen molar-refractivity contribution in [3.8, 4) is 0 Å². The molecule has 0 spiro atoms. The SMILES string of the molecule is C=Cn1c(Nc2ccc(F)cc2[N+](=O)[O-])nc(C(F)(F)F)cc1=O. The molecule has 24 heavy (non-hydrogen) atoms. The zero-order chi connectivity index (χ0) is 18.1. The summed E-state index contributed by atoms with van der Waals surface area (Å²) in [6, 6.07) is 2.63. The van der Waals surface area contributed by atoms with Crippen LogP contribution in [0.25, 0.3) is 6.20 Å². The maximum Gasteiger partial charge on any atom is 0.433 e. The number of hydrogen-bond donors (Lipinski definition) is 1. The molecule has 0 radical (unpaired) electrons. The molecule has 0 atom stereocenters. The number of nitro groups is 1. The van der Waals surface area contributed by atoms with Gasteiger partial charge >= 0.3 is 6.18 Å². The molecule has 1 heterocycles. The minimum absolute atomic E-state index is 0.256. The molecule has 0 unspecified atom stereocenters. The smallest absolute Gasteiger partial charge is 0.319 e. The van der Waals surface area contributed by atoms with Gasteiger partial charge in [-0.15, -0.1) is 0 Å². The highest BCUT2D eigenvalue weighted by molar-refractivity contribution is 5.67. The Labute approximate surface area is 131 Å². The second-order valence-corrected chi connectivity index (χ2v) is 4.40. The van der Waals surface area contributed by atoms with Crippen LogP contribution in [0.2, 0.25) is 0 Å². The van der Waals surface area contributed by atoms with Gasteiger partial charge in [-0.2, -0.15) is 13.2 Å². The largest absolute Gasteiger partial charge is 0.433 e. The van der Waals surface area contributed by atoms with Crippen molar-refractivity contribution in [2.75, 3.05) is 5.32 Å². The first-order chi connectivity index (χ1) is 11.1. The van der Waals surface area contributed by atoms with E-state index in [4.69, 9.17) is 0 Å². The van der Waals surface area contributed by atoms with Gasteiger partial charge in [0.05, 0.1) is 11.0 Å². The van der Waals surface area contributed by atoms with Crippen LogP contribution in [0.4, 0.5) is 34.9 Å². The fraction of sp³-hybridized carbons (Fsp3) is 0.0769. The molecule has 126 valence electrons. The third-order valence-electron chi connectivity index (χ3n) is 2.83. The lowest BCUT2D eigenvalue weighted by molar-refractivity contribution is -0.384. The number of benzene rings is 1. The molecular weight excluding hydrogens is 336 g/mol. The van der Waals surface area contributed by atoms with Gasteiger partial charge < -0.3 is 5.32 Å². The fourth-order valence-electron chi connectivity index (χ4n) is 1.78. The lowest BCUT2D eigenvalue weighted by Crippen LogP contribution is -2.23. The Balaban J connectivity index is 2.62. The third kappa shape index (κ3) is 3.39. The topological polar surface area (TPSA) is 90.1 Å². The summed E-state index contributed by atoms with van der Waals surface area (Å²) < 4.78 is 52.0. The van der Waals surface area contributed by atoms with Crippen molar-refractivity contribution in [2.24, 2.45) is 0 Å². The summed E-state index contributed by atoms with van der Waals surface area (Å²) in [6.07, 6.45) is -4.02. The van der Waals surface area contributed by atoms with Crippen molar-refractivity contribution in [2.45, 2.75) is 6.18 Å². The van der Waals surface area contributed by atoms with Gasteiger partial charge in [0, 0.05) is 12.3 Å². The van der Waals surface area contributed by atoms with E-state index in [0.29, 0.717) is 10.6 Å². The molecule has 1 aromatic carbocycles. The van der Waals surface area contributed by atoms with Crippen LogP contribution >= 0.6 is 0 Å². The van der Waals surface area contributed by atoms with Gasteiger partial charge in [-0.3, -0.25) is 19.5 Å². The van der Waals surface area contributed by atoms with Crippen molar-refractivity contribution in [1.82, 2.24) is 9.55 Å². The normalized spacial score (nSPS) is 11.2.